The highest BCUT2D eigenvalue weighted by Crippen LogP contribution is 2.31. The van der Waals surface area contributed by atoms with E-state index in [1.165, 1.54) is 45.6 Å². The highest BCUT2D eigenvalue weighted by molar-refractivity contribution is 6.35. The summed E-state index contributed by atoms with van der Waals surface area (Å²) in [6, 6.07) is 18.0. The molecule has 0 spiro atoms. The van der Waals surface area contributed by atoms with Crippen LogP contribution < -0.4 is 10.8 Å². The zero-order valence-electron chi connectivity index (χ0n) is 33.0. The van der Waals surface area contributed by atoms with Gasteiger partial charge in [-0.1, -0.05) is 154 Å². The first-order chi connectivity index (χ1) is 24.5. The SMILES string of the molecule is CC.CC.CCCC.CCCCCC(C)C.COC(=O)c1ccc(C)c(CONC=O)c1.O=C1NC(c2ccc(Cl)cc2Cl)Cc2ccccc21. The summed E-state index contributed by atoms with van der Waals surface area (Å²) in [5.74, 6) is 0.448. The molecule has 1 aliphatic rings. The second-order valence-electron chi connectivity index (χ2n) is 11.6. The molecule has 0 aromatic heterocycles. The lowest BCUT2D eigenvalue weighted by Gasteiger charge is -2.26. The number of hydrogen-bond acceptors (Lipinski definition) is 5. The Balaban J connectivity index is 0. The Kier molecular flexibility index (Phi) is 30.6. The second kappa shape index (κ2) is 31.4. The van der Waals surface area contributed by atoms with Gasteiger partial charge in [0.05, 0.1) is 18.7 Å². The van der Waals surface area contributed by atoms with Gasteiger partial charge in [0.25, 0.3) is 5.91 Å². The van der Waals surface area contributed by atoms with Gasteiger partial charge in [0.15, 0.2) is 0 Å². The van der Waals surface area contributed by atoms with Crippen molar-refractivity contribution in [2.75, 3.05) is 7.11 Å². The van der Waals surface area contributed by atoms with Crippen LogP contribution in [0.5, 0.6) is 0 Å². The Morgan fingerprint density at radius 2 is 1.59 bits per heavy atom. The van der Waals surface area contributed by atoms with Gasteiger partial charge in [-0.3, -0.25) is 14.4 Å². The predicted molar refractivity (Wildman–Crippen MR) is 216 cm³/mol. The Morgan fingerprint density at radius 3 is 2.14 bits per heavy atom. The van der Waals surface area contributed by atoms with Crippen molar-refractivity contribution in [3.63, 3.8) is 0 Å². The van der Waals surface area contributed by atoms with Gasteiger partial charge in [-0.25, -0.2) is 10.3 Å². The molecule has 9 heteroatoms. The molecule has 0 saturated carbocycles. The minimum Gasteiger partial charge on any atom is -0.465 e. The Morgan fingerprint density at radius 1 is 0.941 bits per heavy atom. The summed E-state index contributed by atoms with van der Waals surface area (Å²) in [5, 5.41) is 4.16. The minimum absolute atomic E-state index is 0.0575. The Labute approximate surface area is 319 Å². The summed E-state index contributed by atoms with van der Waals surface area (Å²) < 4.78 is 4.61. The van der Waals surface area contributed by atoms with E-state index in [0.717, 1.165) is 40.2 Å². The molecule has 0 radical (unpaired) electrons. The van der Waals surface area contributed by atoms with Gasteiger partial charge in [-0.2, -0.15) is 0 Å². The molecule has 2 N–H and O–H groups in total. The van der Waals surface area contributed by atoms with Crippen LogP contribution in [0.3, 0.4) is 0 Å². The Hall–Kier alpha value is -3.39. The second-order valence-corrected chi connectivity index (χ2v) is 12.4. The largest absolute Gasteiger partial charge is 0.465 e. The van der Waals surface area contributed by atoms with E-state index in [4.69, 9.17) is 28.0 Å². The standard InChI is InChI=1S/C15H11Cl2NO.C11H13NO4.C8H18.C4H10.2C2H6/c16-10-5-6-12(13(17)8-10)14-7-9-3-1-2-4-11(9)15(19)18-14;1-8-3-4-9(11(14)15-2)5-10(8)6-16-12-7-13;1-4-5-6-7-8(2)3;1-3-4-2;2*1-2/h1-6,8,14H,7H2,(H,18,19);3-5,7H,6H2,1-2H3,(H,12,13);8H,4-7H2,1-3H3;3-4H2,1-2H3;2*1-2H3. The highest BCUT2D eigenvalue weighted by Gasteiger charge is 2.26. The summed E-state index contributed by atoms with van der Waals surface area (Å²) in [7, 11) is 1.33. The molecule has 7 nitrogen and oxygen atoms in total. The number of rotatable bonds is 11. The molecule has 1 aliphatic heterocycles. The number of unbranched alkanes of at least 4 members (excludes halogenated alkanes) is 3. The fourth-order valence-electron chi connectivity index (χ4n) is 4.43. The molecule has 1 atom stereocenters. The lowest BCUT2D eigenvalue weighted by Crippen LogP contribution is -2.35. The van der Waals surface area contributed by atoms with Gasteiger partial charge in [0, 0.05) is 15.6 Å². The topological polar surface area (TPSA) is 93.7 Å². The lowest BCUT2D eigenvalue weighted by atomic mass is 9.91. The van der Waals surface area contributed by atoms with Gasteiger partial charge >= 0.3 is 5.97 Å². The quantitative estimate of drug-likeness (QED) is 0.0881. The number of halogens is 2. The molecular formula is C42H64Cl2N2O5. The Bertz CT molecular complexity index is 1380. The fraction of sp³-hybridized carbons (Fsp3) is 0.500. The van der Waals surface area contributed by atoms with Crippen LogP contribution >= 0.6 is 23.2 Å². The van der Waals surface area contributed by atoms with E-state index in [9.17, 15) is 14.4 Å². The van der Waals surface area contributed by atoms with E-state index in [2.05, 4.69) is 50.2 Å². The minimum atomic E-state index is -0.399. The third-order valence-corrected chi connectivity index (χ3v) is 7.91. The van der Waals surface area contributed by atoms with Crippen molar-refractivity contribution in [2.45, 2.75) is 127 Å². The van der Waals surface area contributed by atoms with Crippen molar-refractivity contribution in [1.82, 2.24) is 10.8 Å². The first-order valence-corrected chi connectivity index (χ1v) is 19.1. The van der Waals surface area contributed by atoms with Crippen LogP contribution in [0, 0.1) is 12.8 Å². The van der Waals surface area contributed by atoms with Gasteiger partial charge < -0.3 is 10.1 Å². The van der Waals surface area contributed by atoms with Gasteiger partial charge in [0.2, 0.25) is 6.41 Å². The van der Waals surface area contributed by atoms with E-state index in [1.54, 1.807) is 30.3 Å². The third-order valence-electron chi connectivity index (χ3n) is 7.34. The zero-order valence-corrected chi connectivity index (χ0v) is 34.5. The average Bonchev–Trinajstić information content (AvgIpc) is 3.14. The molecule has 0 bridgehead atoms. The molecule has 0 fully saturated rings. The summed E-state index contributed by atoms with van der Waals surface area (Å²) in [4.78, 5) is 38.2. The number of methoxy groups -OCH3 is 1. The third kappa shape index (κ3) is 20.9. The highest BCUT2D eigenvalue weighted by atomic mass is 35.5. The molecule has 1 unspecified atom stereocenters. The first kappa shape index (κ1) is 49.7. The maximum Gasteiger partial charge on any atom is 0.337 e. The molecule has 2 amide bonds. The van der Waals surface area contributed by atoms with Crippen molar-refractivity contribution in [2.24, 2.45) is 5.92 Å². The van der Waals surface area contributed by atoms with Crippen molar-refractivity contribution in [1.29, 1.82) is 0 Å². The molecule has 0 aliphatic carbocycles. The van der Waals surface area contributed by atoms with Gasteiger partial charge in [-0.05, 0) is 71.8 Å². The molecular weight excluding hydrogens is 683 g/mol. The van der Waals surface area contributed by atoms with E-state index in [1.807, 2.05) is 65.0 Å². The van der Waals surface area contributed by atoms with Crippen LogP contribution in [-0.4, -0.2) is 25.4 Å². The monoisotopic (exact) mass is 746 g/mol. The van der Waals surface area contributed by atoms with Gasteiger partial charge in [-0.15, -0.1) is 0 Å². The molecule has 286 valence electrons. The number of amides is 2. The van der Waals surface area contributed by atoms with Crippen LogP contribution in [0.25, 0.3) is 0 Å². The zero-order chi connectivity index (χ0) is 39.2. The van der Waals surface area contributed by atoms with Crippen LogP contribution in [0.4, 0.5) is 0 Å². The number of nitrogens with one attached hydrogen (secondary N) is 2. The van der Waals surface area contributed by atoms with Gasteiger partial charge in [0.1, 0.15) is 6.61 Å². The van der Waals surface area contributed by atoms with Crippen LogP contribution in [0.15, 0.2) is 60.7 Å². The van der Waals surface area contributed by atoms with E-state index in [-0.39, 0.29) is 18.6 Å². The van der Waals surface area contributed by atoms with E-state index in [0.29, 0.717) is 22.0 Å². The summed E-state index contributed by atoms with van der Waals surface area (Å²) in [6.45, 7) is 21.3. The summed E-state index contributed by atoms with van der Waals surface area (Å²) >= 11 is 12.1. The van der Waals surface area contributed by atoms with E-state index < -0.39 is 5.97 Å². The van der Waals surface area contributed by atoms with Crippen molar-refractivity contribution in [3.8, 4) is 0 Å². The normalized spacial score (nSPS) is 12.1. The number of benzene rings is 3. The number of hydrogen-bond donors (Lipinski definition) is 2. The number of aryl methyl sites for hydroxylation is 1. The maximum atomic E-state index is 12.1. The summed E-state index contributed by atoms with van der Waals surface area (Å²) in [6.07, 6.45) is 9.43. The lowest BCUT2D eigenvalue weighted by molar-refractivity contribution is -0.121. The number of ether oxygens (including phenoxy) is 1. The van der Waals surface area contributed by atoms with Crippen LogP contribution in [0.1, 0.15) is 150 Å². The van der Waals surface area contributed by atoms with Crippen LogP contribution in [-0.2, 0) is 27.4 Å². The van der Waals surface area contributed by atoms with Crippen LogP contribution in [0.2, 0.25) is 10.0 Å². The molecule has 1 heterocycles. The number of hydroxylamine groups is 1. The average molecular weight is 748 g/mol. The summed E-state index contributed by atoms with van der Waals surface area (Å²) in [5.41, 5.74) is 7.02. The smallest absolute Gasteiger partial charge is 0.337 e. The predicted octanol–water partition coefficient (Wildman–Crippen LogP) is 12.1. The maximum absolute atomic E-state index is 12.1. The van der Waals surface area contributed by atoms with E-state index >= 15 is 0 Å². The molecule has 51 heavy (non-hydrogen) atoms. The number of carbonyl (C=O) groups is 3. The number of esters is 1. The van der Waals surface area contributed by atoms with Crippen molar-refractivity contribution in [3.05, 3.63) is 104 Å². The first-order valence-electron chi connectivity index (χ1n) is 18.3. The molecule has 4 rings (SSSR count). The fourth-order valence-corrected chi connectivity index (χ4v) is 4.97. The number of fused-ring (bicyclic) bond motifs is 1. The number of carbonyl (C=O) groups excluding carboxylic acids is 3. The molecule has 3 aromatic rings. The van der Waals surface area contributed by atoms with Crippen molar-refractivity contribution < 1.29 is 24.0 Å². The molecule has 0 saturated heterocycles. The van der Waals surface area contributed by atoms with Crippen molar-refractivity contribution >= 4 is 41.5 Å². The molecule has 3 aromatic carbocycles.